The number of nitrogen functional groups attached to an aromatic ring is 1. The van der Waals surface area contributed by atoms with Crippen molar-refractivity contribution < 1.29 is 4.79 Å². The summed E-state index contributed by atoms with van der Waals surface area (Å²) in [7, 11) is 0. The van der Waals surface area contributed by atoms with Crippen molar-refractivity contribution in [2.24, 2.45) is 0 Å². The van der Waals surface area contributed by atoms with Gasteiger partial charge in [-0.1, -0.05) is 29.8 Å². The van der Waals surface area contributed by atoms with Gasteiger partial charge in [-0.2, -0.15) is 0 Å². The third-order valence-electron chi connectivity index (χ3n) is 3.49. The molecule has 0 spiro atoms. The number of nitrogens with two attached hydrogens (primary N) is 1. The molecule has 0 heterocycles. The summed E-state index contributed by atoms with van der Waals surface area (Å²) in [6, 6.07) is 13.0. The molecule has 0 aliphatic heterocycles. The van der Waals surface area contributed by atoms with E-state index in [9.17, 15) is 4.79 Å². The molecular formula is C17H19ClN2O. The fourth-order valence-corrected chi connectivity index (χ4v) is 2.42. The lowest BCUT2D eigenvalue weighted by Crippen LogP contribution is -2.30. The fourth-order valence-electron chi connectivity index (χ4n) is 2.25. The highest BCUT2D eigenvalue weighted by molar-refractivity contribution is 6.31. The van der Waals surface area contributed by atoms with Crippen LogP contribution in [-0.4, -0.2) is 17.4 Å². The van der Waals surface area contributed by atoms with Crippen LogP contribution in [0.25, 0.3) is 0 Å². The Bertz CT molecular complexity index is 655. The SMILES string of the molecule is CCN(Cc1cccc(N)c1)C(=O)c1cccc(Cl)c1C. The van der Waals surface area contributed by atoms with Crippen LogP contribution in [0, 0.1) is 6.92 Å². The number of carbonyl (C=O) groups excluding carboxylic acids is 1. The minimum absolute atomic E-state index is 0.0140. The van der Waals surface area contributed by atoms with Crippen LogP contribution >= 0.6 is 11.6 Å². The van der Waals surface area contributed by atoms with Crippen LogP contribution in [0.4, 0.5) is 5.69 Å². The van der Waals surface area contributed by atoms with Crippen molar-refractivity contribution in [2.45, 2.75) is 20.4 Å². The third kappa shape index (κ3) is 3.56. The summed E-state index contributed by atoms with van der Waals surface area (Å²) in [6.07, 6.45) is 0. The van der Waals surface area contributed by atoms with Gasteiger partial charge in [0.15, 0.2) is 0 Å². The standard InChI is InChI=1S/C17H19ClN2O/c1-3-20(11-13-6-4-7-14(19)10-13)17(21)15-8-5-9-16(18)12(15)2/h4-10H,3,11,19H2,1-2H3. The molecule has 0 saturated carbocycles. The molecule has 4 heteroatoms. The second-order valence-corrected chi connectivity index (χ2v) is 5.38. The van der Waals surface area contributed by atoms with E-state index in [1.165, 1.54) is 0 Å². The van der Waals surface area contributed by atoms with Crippen molar-refractivity contribution in [3.05, 3.63) is 64.2 Å². The van der Waals surface area contributed by atoms with Crippen LogP contribution < -0.4 is 5.73 Å². The first-order valence-electron chi connectivity index (χ1n) is 6.91. The first-order chi connectivity index (χ1) is 10.0. The maximum Gasteiger partial charge on any atom is 0.254 e. The lowest BCUT2D eigenvalue weighted by Gasteiger charge is -2.22. The second kappa shape index (κ2) is 6.64. The average molecular weight is 303 g/mol. The van der Waals surface area contributed by atoms with E-state index < -0.39 is 0 Å². The maximum absolute atomic E-state index is 12.7. The quantitative estimate of drug-likeness (QED) is 0.871. The predicted octanol–water partition coefficient (Wildman–Crippen LogP) is 3.89. The van der Waals surface area contributed by atoms with E-state index in [1.807, 2.05) is 44.2 Å². The third-order valence-corrected chi connectivity index (χ3v) is 3.90. The first-order valence-corrected chi connectivity index (χ1v) is 7.29. The van der Waals surface area contributed by atoms with Crippen LogP contribution in [0.5, 0.6) is 0 Å². The van der Waals surface area contributed by atoms with E-state index >= 15 is 0 Å². The van der Waals surface area contributed by atoms with Crippen molar-refractivity contribution in [1.82, 2.24) is 4.90 Å². The van der Waals surface area contributed by atoms with Crippen molar-refractivity contribution in [3.63, 3.8) is 0 Å². The lowest BCUT2D eigenvalue weighted by atomic mass is 10.1. The summed E-state index contributed by atoms with van der Waals surface area (Å²) in [5.41, 5.74) is 8.97. The van der Waals surface area contributed by atoms with Crippen LogP contribution in [-0.2, 0) is 6.54 Å². The van der Waals surface area contributed by atoms with Gasteiger partial charge in [-0.3, -0.25) is 4.79 Å². The fraction of sp³-hybridized carbons (Fsp3) is 0.235. The van der Waals surface area contributed by atoms with Crippen LogP contribution in [0.1, 0.15) is 28.4 Å². The number of halogens is 1. The average Bonchev–Trinajstić information content (AvgIpc) is 2.47. The zero-order valence-electron chi connectivity index (χ0n) is 12.3. The Hall–Kier alpha value is -2.00. The van der Waals surface area contributed by atoms with Gasteiger partial charge in [-0.15, -0.1) is 0 Å². The Morgan fingerprint density at radius 1 is 1.24 bits per heavy atom. The number of nitrogens with zero attached hydrogens (tertiary/aromatic N) is 1. The Morgan fingerprint density at radius 2 is 1.95 bits per heavy atom. The number of benzene rings is 2. The summed E-state index contributed by atoms with van der Waals surface area (Å²) in [4.78, 5) is 14.5. The van der Waals surface area contributed by atoms with Gasteiger partial charge in [0, 0.05) is 29.4 Å². The molecule has 3 nitrogen and oxygen atoms in total. The minimum atomic E-state index is -0.0140. The topological polar surface area (TPSA) is 46.3 Å². The van der Waals surface area contributed by atoms with Gasteiger partial charge in [-0.05, 0) is 49.2 Å². The highest BCUT2D eigenvalue weighted by Crippen LogP contribution is 2.21. The van der Waals surface area contributed by atoms with E-state index in [4.69, 9.17) is 17.3 Å². The summed E-state index contributed by atoms with van der Waals surface area (Å²) < 4.78 is 0. The van der Waals surface area contributed by atoms with E-state index in [0.717, 1.165) is 11.1 Å². The Balaban J connectivity index is 2.25. The number of rotatable bonds is 4. The largest absolute Gasteiger partial charge is 0.399 e. The molecular weight excluding hydrogens is 284 g/mol. The molecule has 2 N–H and O–H groups in total. The number of amides is 1. The highest BCUT2D eigenvalue weighted by Gasteiger charge is 2.17. The molecule has 0 saturated heterocycles. The predicted molar refractivity (Wildman–Crippen MR) is 87.5 cm³/mol. The molecule has 2 aromatic rings. The summed E-state index contributed by atoms with van der Waals surface area (Å²) >= 11 is 6.10. The van der Waals surface area contributed by atoms with Gasteiger partial charge in [0.1, 0.15) is 0 Å². The molecule has 0 unspecified atom stereocenters. The number of hydrogen-bond acceptors (Lipinski definition) is 2. The first kappa shape index (κ1) is 15.4. The Labute approximate surface area is 130 Å². The van der Waals surface area contributed by atoms with Gasteiger partial charge in [0.2, 0.25) is 0 Å². The van der Waals surface area contributed by atoms with E-state index in [0.29, 0.717) is 29.4 Å². The smallest absolute Gasteiger partial charge is 0.254 e. The van der Waals surface area contributed by atoms with E-state index in [-0.39, 0.29) is 5.91 Å². The Morgan fingerprint density at radius 3 is 2.62 bits per heavy atom. The second-order valence-electron chi connectivity index (χ2n) is 4.98. The number of carbonyl (C=O) groups is 1. The molecule has 110 valence electrons. The van der Waals surface area contributed by atoms with E-state index in [2.05, 4.69) is 0 Å². The van der Waals surface area contributed by atoms with Crippen LogP contribution in [0.15, 0.2) is 42.5 Å². The lowest BCUT2D eigenvalue weighted by molar-refractivity contribution is 0.0752. The van der Waals surface area contributed by atoms with Crippen molar-refractivity contribution in [1.29, 1.82) is 0 Å². The van der Waals surface area contributed by atoms with Gasteiger partial charge in [0.25, 0.3) is 5.91 Å². The van der Waals surface area contributed by atoms with Gasteiger partial charge in [-0.25, -0.2) is 0 Å². The highest BCUT2D eigenvalue weighted by atomic mass is 35.5. The molecule has 0 fully saturated rings. The molecule has 1 amide bonds. The normalized spacial score (nSPS) is 10.4. The van der Waals surface area contributed by atoms with Gasteiger partial charge in [0.05, 0.1) is 0 Å². The molecule has 0 aromatic heterocycles. The summed E-state index contributed by atoms with van der Waals surface area (Å²) in [6.45, 7) is 4.99. The molecule has 0 atom stereocenters. The number of hydrogen-bond donors (Lipinski definition) is 1. The van der Waals surface area contributed by atoms with Crippen molar-refractivity contribution >= 4 is 23.2 Å². The molecule has 21 heavy (non-hydrogen) atoms. The van der Waals surface area contributed by atoms with Crippen LogP contribution in [0.2, 0.25) is 5.02 Å². The van der Waals surface area contributed by atoms with Gasteiger partial charge < -0.3 is 10.6 Å². The molecule has 0 bridgehead atoms. The van der Waals surface area contributed by atoms with Crippen LogP contribution in [0.3, 0.4) is 0 Å². The molecule has 0 radical (unpaired) electrons. The van der Waals surface area contributed by atoms with E-state index in [1.54, 1.807) is 17.0 Å². The van der Waals surface area contributed by atoms with Crippen molar-refractivity contribution in [2.75, 3.05) is 12.3 Å². The van der Waals surface area contributed by atoms with Gasteiger partial charge >= 0.3 is 0 Å². The number of anilines is 1. The molecule has 2 rings (SSSR count). The minimum Gasteiger partial charge on any atom is -0.399 e. The monoisotopic (exact) mass is 302 g/mol. The Kier molecular flexibility index (Phi) is 4.86. The summed E-state index contributed by atoms with van der Waals surface area (Å²) in [5, 5.41) is 0.612. The van der Waals surface area contributed by atoms with Crippen molar-refractivity contribution in [3.8, 4) is 0 Å². The molecule has 0 aliphatic carbocycles. The maximum atomic E-state index is 12.7. The molecule has 2 aromatic carbocycles. The summed E-state index contributed by atoms with van der Waals surface area (Å²) in [5.74, 6) is -0.0140. The zero-order valence-corrected chi connectivity index (χ0v) is 13.0. The zero-order chi connectivity index (χ0) is 15.4. The molecule has 0 aliphatic rings.